The van der Waals surface area contributed by atoms with Crippen molar-refractivity contribution in [1.29, 1.82) is 0 Å². The third-order valence-corrected chi connectivity index (χ3v) is 4.89. The van der Waals surface area contributed by atoms with Gasteiger partial charge in [0.25, 0.3) is 0 Å². The predicted octanol–water partition coefficient (Wildman–Crippen LogP) is 1.39. The molecule has 1 aliphatic carbocycles. The molecule has 0 spiro atoms. The van der Waals surface area contributed by atoms with Gasteiger partial charge in [-0.3, -0.25) is 4.79 Å². The van der Waals surface area contributed by atoms with Crippen LogP contribution in [0, 0.1) is 10.8 Å². The fourth-order valence-corrected chi connectivity index (χ4v) is 3.17. The number of hydrogen-bond acceptors (Lipinski definition) is 3. The van der Waals surface area contributed by atoms with Crippen LogP contribution in [0.3, 0.4) is 0 Å². The van der Waals surface area contributed by atoms with Gasteiger partial charge in [0.2, 0.25) is 5.91 Å². The normalized spacial score (nSPS) is 30.3. The molecule has 2 rings (SSSR count). The summed E-state index contributed by atoms with van der Waals surface area (Å²) in [5.41, 5.74) is 5.82. The molecule has 4 nitrogen and oxygen atoms in total. The Balaban J connectivity index is 1.98. The molecule has 0 aromatic heterocycles. The van der Waals surface area contributed by atoms with Crippen LogP contribution in [0.25, 0.3) is 0 Å². The number of nitrogens with zero attached hydrogens (tertiary/aromatic N) is 1. The number of carbonyl (C=O) groups is 1. The lowest BCUT2D eigenvalue weighted by molar-refractivity contribution is -0.148. The predicted molar refractivity (Wildman–Crippen MR) is 71.1 cm³/mol. The van der Waals surface area contributed by atoms with Gasteiger partial charge in [0, 0.05) is 26.8 Å². The summed E-state index contributed by atoms with van der Waals surface area (Å²) < 4.78 is 5.16. The summed E-state index contributed by atoms with van der Waals surface area (Å²) in [6, 6.07) is 0. The van der Waals surface area contributed by atoms with E-state index in [2.05, 4.69) is 6.92 Å². The molecule has 2 aliphatic rings. The molecule has 4 heteroatoms. The number of carbonyl (C=O) groups excluding carboxylic acids is 1. The molecular formula is C14H26N2O2. The molecule has 2 N–H and O–H groups in total. The largest absolute Gasteiger partial charge is 0.385 e. The first-order valence-electron chi connectivity index (χ1n) is 7.04. The van der Waals surface area contributed by atoms with Crippen molar-refractivity contribution in [2.24, 2.45) is 16.6 Å². The highest BCUT2D eigenvalue weighted by atomic mass is 16.5. The standard InChI is InChI=1S/C14H26N2O2/c1-13(10-15)6-8-16(11-13)12(17)14(4-3-5-14)7-9-18-2/h3-11,15H2,1-2H3. The topological polar surface area (TPSA) is 55.6 Å². The number of ether oxygens (including phenoxy) is 1. The van der Waals surface area contributed by atoms with Crippen molar-refractivity contribution < 1.29 is 9.53 Å². The van der Waals surface area contributed by atoms with Crippen LogP contribution in [-0.2, 0) is 9.53 Å². The molecule has 0 bridgehead atoms. The highest BCUT2D eigenvalue weighted by Gasteiger charge is 2.48. The van der Waals surface area contributed by atoms with E-state index in [-0.39, 0.29) is 10.8 Å². The van der Waals surface area contributed by atoms with Crippen molar-refractivity contribution >= 4 is 5.91 Å². The summed E-state index contributed by atoms with van der Waals surface area (Å²) in [6.45, 7) is 5.25. The van der Waals surface area contributed by atoms with E-state index in [0.717, 1.165) is 38.8 Å². The second-order valence-corrected chi connectivity index (χ2v) is 6.37. The Labute approximate surface area is 110 Å². The molecule has 1 saturated carbocycles. The van der Waals surface area contributed by atoms with Gasteiger partial charge in [-0.25, -0.2) is 0 Å². The summed E-state index contributed by atoms with van der Waals surface area (Å²) in [5, 5.41) is 0. The van der Waals surface area contributed by atoms with Crippen molar-refractivity contribution in [2.45, 2.75) is 39.0 Å². The molecule has 1 saturated heterocycles. The first-order chi connectivity index (χ1) is 8.55. The van der Waals surface area contributed by atoms with Crippen LogP contribution in [-0.4, -0.2) is 44.2 Å². The summed E-state index contributed by atoms with van der Waals surface area (Å²) in [5.74, 6) is 0.350. The molecule has 18 heavy (non-hydrogen) atoms. The Morgan fingerprint density at radius 1 is 1.39 bits per heavy atom. The Kier molecular flexibility index (Phi) is 3.97. The number of hydrogen-bond donors (Lipinski definition) is 1. The van der Waals surface area contributed by atoms with Crippen molar-refractivity contribution in [2.75, 3.05) is 33.4 Å². The Bertz CT molecular complexity index is 315. The first kappa shape index (κ1) is 13.8. The van der Waals surface area contributed by atoms with Crippen LogP contribution in [0.4, 0.5) is 0 Å². The van der Waals surface area contributed by atoms with Gasteiger partial charge < -0.3 is 15.4 Å². The SMILES string of the molecule is COCCC1(C(=O)N2CCC(C)(CN)C2)CCC1. The maximum absolute atomic E-state index is 12.7. The Morgan fingerprint density at radius 3 is 2.56 bits per heavy atom. The lowest BCUT2D eigenvalue weighted by Crippen LogP contribution is -2.48. The molecule has 0 aromatic carbocycles. The zero-order valence-corrected chi connectivity index (χ0v) is 11.7. The maximum Gasteiger partial charge on any atom is 0.228 e. The van der Waals surface area contributed by atoms with E-state index in [1.54, 1.807) is 7.11 Å². The van der Waals surface area contributed by atoms with Crippen molar-refractivity contribution in [3.05, 3.63) is 0 Å². The van der Waals surface area contributed by atoms with Crippen LogP contribution in [0.2, 0.25) is 0 Å². The number of amides is 1. The third kappa shape index (κ3) is 2.41. The fraction of sp³-hybridized carbons (Fsp3) is 0.929. The van der Waals surface area contributed by atoms with Crippen molar-refractivity contribution in [1.82, 2.24) is 4.90 Å². The molecule has 1 amide bonds. The van der Waals surface area contributed by atoms with Crippen molar-refractivity contribution in [3.63, 3.8) is 0 Å². The van der Waals surface area contributed by atoms with Gasteiger partial charge in [-0.05, 0) is 37.6 Å². The van der Waals surface area contributed by atoms with E-state index in [4.69, 9.17) is 10.5 Å². The lowest BCUT2D eigenvalue weighted by atomic mass is 9.66. The van der Waals surface area contributed by atoms with E-state index in [9.17, 15) is 4.79 Å². The van der Waals surface area contributed by atoms with Crippen LogP contribution >= 0.6 is 0 Å². The minimum atomic E-state index is -0.115. The second kappa shape index (κ2) is 5.17. The quantitative estimate of drug-likeness (QED) is 0.806. The number of nitrogens with two attached hydrogens (primary N) is 1. The van der Waals surface area contributed by atoms with Crippen LogP contribution in [0.1, 0.15) is 39.0 Å². The highest BCUT2D eigenvalue weighted by Crippen LogP contribution is 2.46. The summed E-state index contributed by atoms with van der Waals surface area (Å²) in [7, 11) is 1.71. The van der Waals surface area contributed by atoms with E-state index < -0.39 is 0 Å². The van der Waals surface area contributed by atoms with E-state index in [1.165, 1.54) is 6.42 Å². The zero-order chi connectivity index (χ0) is 13.2. The van der Waals surface area contributed by atoms with E-state index in [0.29, 0.717) is 19.1 Å². The Hall–Kier alpha value is -0.610. The number of methoxy groups -OCH3 is 1. The molecule has 1 unspecified atom stereocenters. The van der Waals surface area contributed by atoms with Gasteiger partial charge in [-0.2, -0.15) is 0 Å². The summed E-state index contributed by atoms with van der Waals surface area (Å²) >= 11 is 0. The van der Waals surface area contributed by atoms with Gasteiger partial charge in [0.05, 0.1) is 5.41 Å². The molecule has 104 valence electrons. The molecule has 0 aromatic rings. The zero-order valence-electron chi connectivity index (χ0n) is 11.7. The monoisotopic (exact) mass is 254 g/mol. The molecular weight excluding hydrogens is 228 g/mol. The van der Waals surface area contributed by atoms with Crippen molar-refractivity contribution in [3.8, 4) is 0 Å². The number of rotatable bonds is 5. The molecule has 1 aliphatic heterocycles. The third-order valence-electron chi connectivity index (χ3n) is 4.89. The first-order valence-corrected chi connectivity index (χ1v) is 7.04. The van der Waals surface area contributed by atoms with Gasteiger partial charge in [-0.15, -0.1) is 0 Å². The van der Waals surface area contributed by atoms with E-state index >= 15 is 0 Å². The van der Waals surface area contributed by atoms with Gasteiger partial charge >= 0.3 is 0 Å². The summed E-state index contributed by atoms with van der Waals surface area (Å²) in [4.78, 5) is 14.7. The lowest BCUT2D eigenvalue weighted by Gasteiger charge is -2.43. The minimum Gasteiger partial charge on any atom is -0.385 e. The molecule has 2 fully saturated rings. The van der Waals surface area contributed by atoms with Crippen LogP contribution < -0.4 is 5.73 Å². The number of likely N-dealkylation sites (tertiary alicyclic amines) is 1. The molecule has 1 atom stereocenters. The van der Waals surface area contributed by atoms with Gasteiger partial charge in [0.1, 0.15) is 0 Å². The van der Waals surface area contributed by atoms with Gasteiger partial charge in [-0.1, -0.05) is 13.3 Å². The van der Waals surface area contributed by atoms with Gasteiger partial charge in [0.15, 0.2) is 0 Å². The minimum absolute atomic E-state index is 0.115. The second-order valence-electron chi connectivity index (χ2n) is 6.37. The fourth-order valence-electron chi connectivity index (χ4n) is 3.17. The van der Waals surface area contributed by atoms with Crippen LogP contribution in [0.5, 0.6) is 0 Å². The molecule has 0 radical (unpaired) electrons. The smallest absolute Gasteiger partial charge is 0.228 e. The highest BCUT2D eigenvalue weighted by molar-refractivity contribution is 5.84. The maximum atomic E-state index is 12.7. The van der Waals surface area contributed by atoms with E-state index in [1.807, 2.05) is 4.90 Å². The average Bonchev–Trinajstić information content (AvgIpc) is 2.71. The Morgan fingerprint density at radius 2 is 2.11 bits per heavy atom. The molecule has 1 heterocycles. The summed E-state index contributed by atoms with van der Waals surface area (Å²) in [6.07, 6.45) is 5.15. The van der Waals surface area contributed by atoms with Crippen LogP contribution in [0.15, 0.2) is 0 Å². The average molecular weight is 254 g/mol.